The molecule has 0 fully saturated rings. The van der Waals surface area contributed by atoms with Crippen molar-refractivity contribution < 1.29 is 8.42 Å². The highest BCUT2D eigenvalue weighted by atomic mass is 32.2. The highest BCUT2D eigenvalue weighted by Crippen LogP contribution is 2.24. The fourth-order valence-electron chi connectivity index (χ4n) is 1.90. The minimum absolute atomic E-state index is 0.180. The Bertz CT molecular complexity index is 691. The summed E-state index contributed by atoms with van der Waals surface area (Å²) in [5.41, 5.74) is 5.43. The molecule has 2 heterocycles. The van der Waals surface area contributed by atoms with Crippen LogP contribution in [0.5, 0.6) is 0 Å². The van der Waals surface area contributed by atoms with Crippen LogP contribution in [0.4, 0.5) is 0 Å². The second kappa shape index (κ2) is 6.69. The number of hydrogen-bond acceptors (Lipinski definition) is 5. The first-order valence-electron chi connectivity index (χ1n) is 6.73. The molecule has 0 saturated heterocycles. The molecule has 2 aromatic heterocycles. The Labute approximate surface area is 129 Å². The van der Waals surface area contributed by atoms with E-state index in [2.05, 4.69) is 9.82 Å². The first-order valence-corrected chi connectivity index (χ1v) is 9.03. The van der Waals surface area contributed by atoms with E-state index < -0.39 is 10.0 Å². The molecule has 1 atom stereocenters. The third-order valence-corrected chi connectivity index (χ3v) is 5.71. The van der Waals surface area contributed by atoms with Crippen LogP contribution in [0.25, 0.3) is 0 Å². The molecule has 8 heteroatoms. The summed E-state index contributed by atoms with van der Waals surface area (Å²) >= 11 is 1.59. The van der Waals surface area contributed by atoms with E-state index in [9.17, 15) is 8.42 Å². The Morgan fingerprint density at radius 2 is 2.24 bits per heavy atom. The molecule has 0 aromatic carbocycles. The van der Waals surface area contributed by atoms with Gasteiger partial charge in [-0.25, -0.2) is 13.1 Å². The molecule has 2 aromatic rings. The summed E-state index contributed by atoms with van der Waals surface area (Å²) in [6.07, 6.45) is 3.66. The Morgan fingerprint density at radius 1 is 1.48 bits per heavy atom. The molecule has 0 aliphatic rings. The van der Waals surface area contributed by atoms with Crippen LogP contribution in [0, 0.1) is 6.92 Å². The van der Waals surface area contributed by atoms with Gasteiger partial charge in [0.15, 0.2) is 0 Å². The van der Waals surface area contributed by atoms with E-state index in [1.165, 1.54) is 12.4 Å². The topological polar surface area (TPSA) is 90.0 Å². The Balaban J connectivity index is 2.09. The van der Waals surface area contributed by atoms with E-state index >= 15 is 0 Å². The van der Waals surface area contributed by atoms with Crippen LogP contribution in [-0.4, -0.2) is 24.7 Å². The van der Waals surface area contributed by atoms with Crippen LogP contribution in [0.1, 0.15) is 29.1 Å². The number of thiophene rings is 1. The number of sulfonamides is 1. The molecule has 0 aliphatic carbocycles. The zero-order chi connectivity index (χ0) is 15.5. The van der Waals surface area contributed by atoms with Gasteiger partial charge in [0.2, 0.25) is 10.0 Å². The average molecular weight is 328 g/mol. The predicted octanol–water partition coefficient (Wildman–Crippen LogP) is 1.64. The Kier molecular flexibility index (Phi) is 5.15. The predicted molar refractivity (Wildman–Crippen MR) is 83.7 cm³/mol. The summed E-state index contributed by atoms with van der Waals surface area (Å²) in [5.74, 6) is 0. The van der Waals surface area contributed by atoms with Crippen LogP contribution in [0.2, 0.25) is 0 Å². The highest BCUT2D eigenvalue weighted by molar-refractivity contribution is 7.89. The van der Waals surface area contributed by atoms with Gasteiger partial charge in [0.1, 0.15) is 4.90 Å². The van der Waals surface area contributed by atoms with Crippen molar-refractivity contribution in [2.75, 3.05) is 6.54 Å². The maximum Gasteiger partial charge on any atom is 0.244 e. The number of rotatable bonds is 7. The summed E-state index contributed by atoms with van der Waals surface area (Å²) in [4.78, 5) is 2.33. The van der Waals surface area contributed by atoms with Gasteiger partial charge < -0.3 is 5.73 Å². The summed E-state index contributed by atoms with van der Waals surface area (Å²) in [5, 5.41) is 4.05. The van der Waals surface area contributed by atoms with Crippen LogP contribution >= 0.6 is 11.3 Å². The molecular weight excluding hydrogens is 308 g/mol. The number of nitrogens with two attached hydrogens (primary N) is 1. The van der Waals surface area contributed by atoms with Crippen molar-refractivity contribution in [1.82, 2.24) is 14.5 Å². The van der Waals surface area contributed by atoms with Gasteiger partial charge in [0, 0.05) is 22.5 Å². The van der Waals surface area contributed by atoms with Gasteiger partial charge in [0.05, 0.1) is 12.2 Å². The molecule has 0 spiro atoms. The lowest BCUT2D eigenvalue weighted by atomic mass is 10.3. The van der Waals surface area contributed by atoms with E-state index in [0.717, 1.165) is 16.2 Å². The van der Waals surface area contributed by atoms with Crippen molar-refractivity contribution in [3.63, 3.8) is 0 Å². The summed E-state index contributed by atoms with van der Waals surface area (Å²) in [6, 6.07) is 3.66. The molecular formula is C13H20N4O2S2. The molecule has 2 rings (SSSR count). The summed E-state index contributed by atoms with van der Waals surface area (Å²) < 4.78 is 28.9. The van der Waals surface area contributed by atoms with Gasteiger partial charge in [-0.1, -0.05) is 0 Å². The molecule has 0 aliphatic heterocycles. The lowest BCUT2D eigenvalue weighted by Gasteiger charge is -2.11. The zero-order valence-corrected chi connectivity index (χ0v) is 13.7. The van der Waals surface area contributed by atoms with Gasteiger partial charge >= 0.3 is 0 Å². The molecule has 0 amide bonds. The van der Waals surface area contributed by atoms with Gasteiger partial charge in [-0.2, -0.15) is 5.10 Å². The molecule has 6 nitrogen and oxygen atoms in total. The first kappa shape index (κ1) is 16.2. The SMILES string of the molecule is Cc1ccc(C(C)NS(=O)(=O)c2cnn(CCCN)c2)s1. The molecule has 1 unspecified atom stereocenters. The second-order valence-corrected chi connectivity index (χ2v) is 7.91. The lowest BCUT2D eigenvalue weighted by Crippen LogP contribution is -2.26. The fourth-order valence-corrected chi connectivity index (χ4v) is 4.03. The van der Waals surface area contributed by atoms with E-state index in [1.807, 2.05) is 26.0 Å². The van der Waals surface area contributed by atoms with Crippen LogP contribution < -0.4 is 10.5 Å². The van der Waals surface area contributed by atoms with Crippen molar-refractivity contribution in [3.8, 4) is 0 Å². The Morgan fingerprint density at radius 3 is 2.86 bits per heavy atom. The minimum Gasteiger partial charge on any atom is -0.330 e. The smallest absolute Gasteiger partial charge is 0.244 e. The molecule has 21 heavy (non-hydrogen) atoms. The highest BCUT2D eigenvalue weighted by Gasteiger charge is 2.20. The monoisotopic (exact) mass is 328 g/mol. The number of aryl methyl sites for hydroxylation is 2. The minimum atomic E-state index is -3.56. The number of aromatic nitrogens is 2. The van der Waals surface area contributed by atoms with Gasteiger partial charge in [-0.15, -0.1) is 11.3 Å². The maximum absolute atomic E-state index is 12.3. The molecule has 3 N–H and O–H groups in total. The third-order valence-electron chi connectivity index (χ3n) is 3.03. The van der Waals surface area contributed by atoms with E-state index in [0.29, 0.717) is 13.1 Å². The van der Waals surface area contributed by atoms with E-state index in [4.69, 9.17) is 5.73 Å². The second-order valence-electron chi connectivity index (χ2n) is 4.87. The normalized spacial score (nSPS) is 13.5. The quantitative estimate of drug-likeness (QED) is 0.808. The molecule has 0 saturated carbocycles. The molecule has 0 bridgehead atoms. The molecule has 116 valence electrons. The summed E-state index contributed by atoms with van der Waals surface area (Å²) in [6.45, 7) is 5.00. The largest absolute Gasteiger partial charge is 0.330 e. The fraction of sp³-hybridized carbons (Fsp3) is 0.462. The third kappa shape index (κ3) is 4.13. The van der Waals surface area contributed by atoms with Crippen LogP contribution in [0.15, 0.2) is 29.4 Å². The lowest BCUT2D eigenvalue weighted by molar-refractivity contribution is 0.566. The zero-order valence-electron chi connectivity index (χ0n) is 12.1. The van der Waals surface area contributed by atoms with Crippen molar-refractivity contribution in [1.29, 1.82) is 0 Å². The number of hydrogen-bond donors (Lipinski definition) is 2. The van der Waals surface area contributed by atoms with Crippen LogP contribution in [0.3, 0.4) is 0 Å². The van der Waals surface area contributed by atoms with Crippen molar-refractivity contribution in [3.05, 3.63) is 34.3 Å². The maximum atomic E-state index is 12.3. The van der Waals surface area contributed by atoms with Crippen LogP contribution in [-0.2, 0) is 16.6 Å². The standard InChI is InChI=1S/C13H20N4O2S2/c1-10-4-5-13(20-10)11(2)16-21(18,19)12-8-15-17(9-12)7-3-6-14/h4-5,8-9,11,16H,3,6-7,14H2,1-2H3. The van der Waals surface area contributed by atoms with Gasteiger partial charge in [0.25, 0.3) is 0 Å². The van der Waals surface area contributed by atoms with Gasteiger partial charge in [-0.3, -0.25) is 4.68 Å². The number of nitrogens with zero attached hydrogens (tertiary/aromatic N) is 2. The average Bonchev–Trinajstić information content (AvgIpc) is 3.05. The number of nitrogens with one attached hydrogen (secondary N) is 1. The van der Waals surface area contributed by atoms with E-state index in [-0.39, 0.29) is 10.9 Å². The van der Waals surface area contributed by atoms with E-state index in [1.54, 1.807) is 16.0 Å². The van der Waals surface area contributed by atoms with Gasteiger partial charge in [-0.05, 0) is 38.9 Å². The van der Waals surface area contributed by atoms with Crippen molar-refractivity contribution in [2.45, 2.75) is 37.8 Å². The first-order chi connectivity index (χ1) is 9.92. The molecule has 0 radical (unpaired) electrons. The summed E-state index contributed by atoms with van der Waals surface area (Å²) in [7, 11) is -3.56. The Hall–Kier alpha value is -1.22. The van der Waals surface area contributed by atoms with Crippen molar-refractivity contribution >= 4 is 21.4 Å². The van der Waals surface area contributed by atoms with Crippen molar-refractivity contribution in [2.24, 2.45) is 5.73 Å².